The lowest BCUT2D eigenvalue weighted by Crippen LogP contribution is -2.50. The van der Waals surface area contributed by atoms with Crippen LogP contribution in [0.1, 0.15) is 50.8 Å². The van der Waals surface area contributed by atoms with Crippen molar-refractivity contribution in [2.45, 2.75) is 68.6 Å². The summed E-state index contributed by atoms with van der Waals surface area (Å²) in [6, 6.07) is 14.8. The van der Waals surface area contributed by atoms with E-state index in [0.29, 0.717) is 25.7 Å². The molecule has 1 amide bonds. The zero-order chi connectivity index (χ0) is 29.3. The predicted molar refractivity (Wildman–Crippen MR) is 162 cm³/mol. The van der Waals surface area contributed by atoms with Crippen LogP contribution in [0, 0.1) is 0 Å². The van der Waals surface area contributed by atoms with Crippen LogP contribution in [-0.4, -0.2) is 91.6 Å². The third-order valence-corrected chi connectivity index (χ3v) is 11.2. The van der Waals surface area contributed by atoms with Gasteiger partial charge >= 0.3 is 0 Å². The van der Waals surface area contributed by atoms with Crippen LogP contribution in [0.3, 0.4) is 0 Å². The molecule has 0 bridgehead atoms. The molecule has 0 spiro atoms. The Morgan fingerprint density at radius 1 is 1.02 bits per heavy atom. The second kappa shape index (κ2) is 12.4. The van der Waals surface area contributed by atoms with Gasteiger partial charge in [0.2, 0.25) is 15.9 Å². The molecular formula is C32H42N4O5S. The molecule has 1 unspecified atom stereocenters. The van der Waals surface area contributed by atoms with Gasteiger partial charge in [0.1, 0.15) is 5.75 Å². The first-order valence-corrected chi connectivity index (χ1v) is 16.7. The third kappa shape index (κ3) is 5.82. The standard InChI is InChI=1S/C32H42N4O5S/c1-3-41-28-11-9-25-21-29(12-10-24(25)20-28)42(38,39)36-15-14-35-13-5-8-30(35)31(36)23-32(37)33(2)26-6-4-7-27(22-26)34-16-18-40-19-17-34/h5,8-13,20-21,26-27,31H,3-4,6-7,14-19,22-23H2,1-2H3/t26-,27+,31?/m0/s1. The van der Waals surface area contributed by atoms with E-state index in [1.165, 1.54) is 0 Å². The van der Waals surface area contributed by atoms with Gasteiger partial charge in [-0.15, -0.1) is 0 Å². The lowest BCUT2D eigenvalue weighted by atomic mass is 9.88. The average molecular weight is 595 g/mol. The van der Waals surface area contributed by atoms with Crippen molar-refractivity contribution in [2.24, 2.45) is 0 Å². The van der Waals surface area contributed by atoms with Crippen molar-refractivity contribution in [1.82, 2.24) is 18.7 Å². The van der Waals surface area contributed by atoms with Gasteiger partial charge in [0.15, 0.2) is 0 Å². The highest BCUT2D eigenvalue weighted by molar-refractivity contribution is 7.89. The van der Waals surface area contributed by atoms with Gasteiger partial charge in [-0.3, -0.25) is 9.69 Å². The number of ether oxygens (including phenoxy) is 2. The summed E-state index contributed by atoms with van der Waals surface area (Å²) in [5.41, 5.74) is 0.864. The largest absolute Gasteiger partial charge is 0.494 e. The SMILES string of the molecule is CCOc1ccc2cc(S(=O)(=O)N3CCn4cccc4C3CC(=O)N(C)[C@H]3CCC[C@@H](N4CCOCC4)C3)ccc2c1. The molecule has 3 heterocycles. The van der Waals surface area contributed by atoms with E-state index >= 15 is 0 Å². The molecule has 1 aliphatic carbocycles. The van der Waals surface area contributed by atoms with E-state index in [2.05, 4.69) is 9.47 Å². The first kappa shape index (κ1) is 29.2. The average Bonchev–Trinajstić information content (AvgIpc) is 3.51. The van der Waals surface area contributed by atoms with Crippen molar-refractivity contribution in [2.75, 3.05) is 46.5 Å². The fourth-order valence-corrected chi connectivity index (χ4v) is 8.60. The Kier molecular flexibility index (Phi) is 8.58. The van der Waals surface area contributed by atoms with Gasteiger partial charge < -0.3 is 18.9 Å². The molecule has 42 heavy (non-hydrogen) atoms. The summed E-state index contributed by atoms with van der Waals surface area (Å²) in [6.45, 7) is 6.81. The van der Waals surface area contributed by atoms with Gasteiger partial charge in [-0.1, -0.05) is 12.1 Å². The Hall–Kier alpha value is -2.92. The number of amides is 1. The number of hydrogen-bond acceptors (Lipinski definition) is 6. The van der Waals surface area contributed by atoms with Crippen LogP contribution < -0.4 is 4.74 Å². The van der Waals surface area contributed by atoms with E-state index in [1.807, 2.05) is 61.5 Å². The Morgan fingerprint density at radius 3 is 2.62 bits per heavy atom. The van der Waals surface area contributed by atoms with E-state index < -0.39 is 16.1 Å². The molecule has 3 aromatic rings. The molecule has 0 radical (unpaired) electrons. The number of benzene rings is 2. The molecule has 9 nitrogen and oxygen atoms in total. The second-order valence-corrected chi connectivity index (χ2v) is 13.6. The Labute approximate surface area is 249 Å². The lowest BCUT2D eigenvalue weighted by molar-refractivity contribution is -0.134. The maximum atomic E-state index is 14.2. The van der Waals surface area contributed by atoms with Crippen molar-refractivity contribution >= 4 is 26.7 Å². The fourth-order valence-electron chi connectivity index (χ4n) is 6.97. The number of carbonyl (C=O) groups excluding carboxylic acids is 1. The zero-order valence-corrected chi connectivity index (χ0v) is 25.5. The van der Waals surface area contributed by atoms with E-state index in [0.717, 1.165) is 74.2 Å². The van der Waals surface area contributed by atoms with E-state index in [1.54, 1.807) is 16.4 Å². The van der Waals surface area contributed by atoms with Crippen LogP contribution in [0.25, 0.3) is 10.8 Å². The molecule has 1 saturated carbocycles. The van der Waals surface area contributed by atoms with Crippen LogP contribution in [0.2, 0.25) is 0 Å². The number of nitrogens with zero attached hydrogens (tertiary/aromatic N) is 4. The minimum absolute atomic E-state index is 0.00978. The number of morpholine rings is 1. The van der Waals surface area contributed by atoms with Crippen molar-refractivity contribution < 1.29 is 22.7 Å². The van der Waals surface area contributed by atoms with Crippen LogP contribution in [0.15, 0.2) is 59.6 Å². The van der Waals surface area contributed by atoms with Crippen molar-refractivity contribution in [3.8, 4) is 5.75 Å². The number of rotatable bonds is 8. The van der Waals surface area contributed by atoms with Gasteiger partial charge in [-0.05, 0) is 79.8 Å². The summed E-state index contributed by atoms with van der Waals surface area (Å²) in [4.78, 5) is 18.5. The molecule has 3 aliphatic rings. The number of aromatic nitrogens is 1. The molecule has 226 valence electrons. The number of fused-ring (bicyclic) bond motifs is 2. The fraction of sp³-hybridized carbons (Fsp3) is 0.531. The molecule has 2 aromatic carbocycles. The molecule has 6 rings (SSSR count). The highest BCUT2D eigenvalue weighted by atomic mass is 32.2. The number of sulfonamides is 1. The van der Waals surface area contributed by atoms with Gasteiger partial charge in [-0.2, -0.15) is 4.31 Å². The first-order valence-electron chi connectivity index (χ1n) is 15.3. The minimum atomic E-state index is -3.86. The monoisotopic (exact) mass is 594 g/mol. The summed E-state index contributed by atoms with van der Waals surface area (Å²) in [5, 5.41) is 1.75. The van der Waals surface area contributed by atoms with E-state index in [4.69, 9.17) is 9.47 Å². The van der Waals surface area contributed by atoms with Crippen molar-refractivity contribution in [3.63, 3.8) is 0 Å². The Bertz CT molecular complexity index is 1520. The molecule has 1 saturated heterocycles. The molecular weight excluding hydrogens is 552 g/mol. The Morgan fingerprint density at radius 2 is 1.81 bits per heavy atom. The smallest absolute Gasteiger partial charge is 0.243 e. The molecule has 1 aromatic heterocycles. The zero-order valence-electron chi connectivity index (χ0n) is 24.7. The topological polar surface area (TPSA) is 84.3 Å². The van der Waals surface area contributed by atoms with Gasteiger partial charge in [0, 0.05) is 63.6 Å². The molecule has 3 atom stereocenters. The first-order chi connectivity index (χ1) is 20.3. The molecule has 2 fully saturated rings. The second-order valence-electron chi connectivity index (χ2n) is 11.7. The summed E-state index contributed by atoms with van der Waals surface area (Å²) in [7, 11) is -1.97. The lowest BCUT2D eigenvalue weighted by Gasteiger charge is -2.42. The van der Waals surface area contributed by atoms with E-state index in [-0.39, 0.29) is 23.3 Å². The molecule has 2 aliphatic heterocycles. The third-order valence-electron chi connectivity index (χ3n) is 9.31. The Balaban J connectivity index is 1.22. The molecule has 10 heteroatoms. The number of carbonyl (C=O) groups is 1. The highest BCUT2D eigenvalue weighted by Crippen LogP contribution is 2.36. The summed E-state index contributed by atoms with van der Waals surface area (Å²) in [6.07, 6.45) is 6.26. The molecule has 0 N–H and O–H groups in total. The quantitative estimate of drug-likeness (QED) is 0.387. The minimum Gasteiger partial charge on any atom is -0.494 e. The maximum absolute atomic E-state index is 14.2. The maximum Gasteiger partial charge on any atom is 0.243 e. The highest BCUT2D eigenvalue weighted by Gasteiger charge is 2.39. The number of hydrogen-bond donors (Lipinski definition) is 0. The van der Waals surface area contributed by atoms with Gasteiger partial charge in [0.05, 0.1) is 30.8 Å². The van der Waals surface area contributed by atoms with Crippen LogP contribution >= 0.6 is 0 Å². The normalized spacial score (nSPS) is 23.9. The van der Waals surface area contributed by atoms with Crippen molar-refractivity contribution in [1.29, 1.82) is 0 Å². The van der Waals surface area contributed by atoms with E-state index in [9.17, 15) is 13.2 Å². The van der Waals surface area contributed by atoms with Gasteiger partial charge in [0.25, 0.3) is 0 Å². The van der Waals surface area contributed by atoms with Crippen LogP contribution in [0.4, 0.5) is 0 Å². The van der Waals surface area contributed by atoms with Crippen LogP contribution in [-0.2, 0) is 26.1 Å². The predicted octanol–water partition coefficient (Wildman–Crippen LogP) is 4.28. The van der Waals surface area contributed by atoms with Crippen LogP contribution in [0.5, 0.6) is 5.75 Å². The summed E-state index contributed by atoms with van der Waals surface area (Å²) < 4.78 is 43.1. The summed E-state index contributed by atoms with van der Waals surface area (Å²) in [5.74, 6) is 0.749. The summed E-state index contributed by atoms with van der Waals surface area (Å²) >= 11 is 0. The van der Waals surface area contributed by atoms with Gasteiger partial charge in [-0.25, -0.2) is 8.42 Å². The van der Waals surface area contributed by atoms with Crippen molar-refractivity contribution in [3.05, 3.63) is 60.4 Å².